The molecule has 0 aliphatic heterocycles. The number of halogens is 3. The second-order valence-corrected chi connectivity index (χ2v) is 6.62. The molecule has 1 aromatic carbocycles. The van der Waals surface area contributed by atoms with Crippen molar-refractivity contribution in [1.29, 1.82) is 0 Å². The maximum Gasteiger partial charge on any atom is 0.416 e. The van der Waals surface area contributed by atoms with Gasteiger partial charge in [-0.1, -0.05) is 6.07 Å². The lowest BCUT2D eigenvalue weighted by Crippen LogP contribution is -2.18. The molecular weight excluding hydrogens is 407 g/mol. The molecule has 2 N–H and O–H groups in total. The number of fused-ring (bicyclic) bond motifs is 1. The third-order valence-corrected chi connectivity index (χ3v) is 4.72. The molecule has 0 unspecified atom stereocenters. The lowest BCUT2D eigenvalue weighted by atomic mass is 10.0. The maximum atomic E-state index is 13.3. The molecule has 3 rings (SSSR count). The summed E-state index contributed by atoms with van der Waals surface area (Å²) in [5.41, 5.74) is 0.529. The predicted octanol–water partition coefficient (Wildman–Crippen LogP) is 4.53. The van der Waals surface area contributed by atoms with Crippen molar-refractivity contribution < 1.29 is 22.6 Å². The lowest BCUT2D eigenvalue weighted by molar-refractivity contribution is -0.144. The molecule has 10 heteroatoms. The monoisotopic (exact) mass is 427 g/mol. The Bertz CT molecular complexity index is 1110. The van der Waals surface area contributed by atoms with Crippen molar-refractivity contribution in [1.82, 2.24) is 14.5 Å². The van der Waals surface area contributed by atoms with Crippen LogP contribution in [-0.2, 0) is 22.2 Å². The number of alkyl halides is 3. The van der Waals surface area contributed by atoms with E-state index in [1.54, 1.807) is 30.7 Å². The van der Waals surface area contributed by atoms with Gasteiger partial charge in [-0.15, -0.1) is 0 Å². The van der Waals surface area contributed by atoms with Gasteiger partial charge in [0.1, 0.15) is 5.52 Å². The zero-order chi connectivity index (χ0) is 21.2. The van der Waals surface area contributed by atoms with Gasteiger partial charge in [0, 0.05) is 25.0 Å². The van der Waals surface area contributed by atoms with E-state index in [4.69, 9.17) is 21.7 Å². The van der Waals surface area contributed by atoms with E-state index in [1.807, 2.05) is 0 Å². The minimum atomic E-state index is -4.50. The van der Waals surface area contributed by atoms with Crippen LogP contribution in [0.4, 0.5) is 13.2 Å². The molecule has 0 amide bonds. The van der Waals surface area contributed by atoms with Crippen molar-refractivity contribution in [3.63, 3.8) is 0 Å². The summed E-state index contributed by atoms with van der Waals surface area (Å²) < 4.78 is 52.8. The van der Waals surface area contributed by atoms with Gasteiger partial charge < -0.3 is 19.0 Å². The SMILES string of the molecule is CCOC(OCC)c1cc(C(F)(F)F)ccc1Cn1c(=S)[nH]c(=O)c2[nH]ccc21. The maximum absolute atomic E-state index is 13.3. The third-order valence-electron chi connectivity index (χ3n) is 4.40. The van der Waals surface area contributed by atoms with Gasteiger partial charge in [-0.25, -0.2) is 0 Å². The quantitative estimate of drug-likeness (QED) is 0.429. The molecule has 156 valence electrons. The number of nitrogens with zero attached hydrogens (tertiary/aromatic N) is 1. The summed E-state index contributed by atoms with van der Waals surface area (Å²) in [5, 5.41) is 0. The molecule has 0 bridgehead atoms. The van der Waals surface area contributed by atoms with Crippen LogP contribution >= 0.6 is 12.2 Å². The molecule has 2 heterocycles. The van der Waals surface area contributed by atoms with Crippen molar-refractivity contribution in [2.45, 2.75) is 32.9 Å². The first-order chi connectivity index (χ1) is 13.8. The number of benzene rings is 1. The van der Waals surface area contributed by atoms with E-state index in [0.717, 1.165) is 12.1 Å². The van der Waals surface area contributed by atoms with Crippen molar-refractivity contribution >= 4 is 23.3 Å². The number of aromatic amines is 2. The Labute approximate surface area is 169 Å². The van der Waals surface area contributed by atoms with Gasteiger partial charge in [0.05, 0.1) is 17.6 Å². The second kappa shape index (κ2) is 8.52. The summed E-state index contributed by atoms with van der Waals surface area (Å²) in [6.07, 6.45) is -3.86. The van der Waals surface area contributed by atoms with Crippen LogP contribution in [0.1, 0.15) is 36.8 Å². The highest BCUT2D eigenvalue weighted by Gasteiger charge is 2.32. The number of rotatable bonds is 7. The van der Waals surface area contributed by atoms with Crippen LogP contribution in [0.25, 0.3) is 11.0 Å². The molecule has 0 saturated carbocycles. The normalized spacial score (nSPS) is 12.2. The highest BCUT2D eigenvalue weighted by atomic mass is 32.1. The van der Waals surface area contributed by atoms with Crippen LogP contribution in [0.3, 0.4) is 0 Å². The van der Waals surface area contributed by atoms with Crippen LogP contribution in [0.2, 0.25) is 0 Å². The van der Waals surface area contributed by atoms with Crippen molar-refractivity contribution in [3.05, 3.63) is 62.3 Å². The molecular formula is C19H20F3N3O3S. The van der Waals surface area contributed by atoms with Crippen LogP contribution in [-0.4, -0.2) is 27.7 Å². The summed E-state index contributed by atoms with van der Waals surface area (Å²) >= 11 is 5.28. The van der Waals surface area contributed by atoms with E-state index in [0.29, 0.717) is 16.6 Å². The Kier molecular flexibility index (Phi) is 6.25. The number of hydrogen-bond acceptors (Lipinski definition) is 4. The molecule has 2 aromatic heterocycles. The number of H-pyrrole nitrogens is 2. The zero-order valence-corrected chi connectivity index (χ0v) is 16.6. The van der Waals surface area contributed by atoms with Gasteiger partial charge in [-0.05, 0) is 49.8 Å². The Hall–Kier alpha value is -2.43. The summed E-state index contributed by atoms with van der Waals surface area (Å²) in [6.45, 7) is 4.14. The summed E-state index contributed by atoms with van der Waals surface area (Å²) in [7, 11) is 0. The first kappa shape index (κ1) is 21.3. The standard InChI is InChI=1S/C19H20F3N3O3S/c1-3-27-17(28-4-2)13-9-12(19(20,21)22)6-5-11(13)10-25-14-7-8-23-15(14)16(26)24-18(25)29/h5-9,17,23H,3-4,10H2,1-2H3,(H,24,26,29). The predicted molar refractivity (Wildman–Crippen MR) is 104 cm³/mol. The summed E-state index contributed by atoms with van der Waals surface area (Å²) in [4.78, 5) is 17.4. The molecule has 0 aliphatic carbocycles. The van der Waals surface area contributed by atoms with Gasteiger partial charge >= 0.3 is 6.18 Å². The molecule has 0 radical (unpaired) electrons. The zero-order valence-electron chi connectivity index (χ0n) is 15.8. The average Bonchev–Trinajstić information content (AvgIpc) is 3.14. The molecule has 0 aliphatic rings. The van der Waals surface area contributed by atoms with Gasteiger partial charge in [0.15, 0.2) is 11.1 Å². The third kappa shape index (κ3) is 4.44. The average molecular weight is 427 g/mol. The Morgan fingerprint density at radius 1 is 1.17 bits per heavy atom. The largest absolute Gasteiger partial charge is 0.416 e. The van der Waals surface area contributed by atoms with Crippen molar-refractivity contribution in [2.75, 3.05) is 13.2 Å². The second-order valence-electron chi connectivity index (χ2n) is 6.24. The Morgan fingerprint density at radius 2 is 1.86 bits per heavy atom. The molecule has 29 heavy (non-hydrogen) atoms. The molecule has 0 fully saturated rings. The highest BCUT2D eigenvalue weighted by Crippen LogP contribution is 2.34. The van der Waals surface area contributed by atoms with E-state index < -0.39 is 18.0 Å². The van der Waals surface area contributed by atoms with Crippen molar-refractivity contribution in [2.24, 2.45) is 0 Å². The van der Waals surface area contributed by atoms with Gasteiger partial charge in [0.2, 0.25) is 0 Å². The minimum Gasteiger partial charge on any atom is -0.355 e. The molecule has 0 spiro atoms. The molecule has 6 nitrogen and oxygen atoms in total. The van der Waals surface area contributed by atoms with Gasteiger partial charge in [0.25, 0.3) is 5.56 Å². The van der Waals surface area contributed by atoms with E-state index >= 15 is 0 Å². The first-order valence-electron chi connectivity index (χ1n) is 8.99. The first-order valence-corrected chi connectivity index (χ1v) is 9.40. The van der Waals surface area contributed by atoms with Crippen LogP contribution in [0.5, 0.6) is 0 Å². The van der Waals surface area contributed by atoms with E-state index in [1.165, 1.54) is 6.07 Å². The van der Waals surface area contributed by atoms with Crippen molar-refractivity contribution in [3.8, 4) is 0 Å². The molecule has 0 saturated heterocycles. The number of aromatic nitrogens is 3. The van der Waals surface area contributed by atoms with E-state index in [9.17, 15) is 18.0 Å². The fourth-order valence-corrected chi connectivity index (χ4v) is 3.35. The number of ether oxygens (including phenoxy) is 2. The fraction of sp³-hybridized carbons (Fsp3) is 0.368. The van der Waals surface area contributed by atoms with Crippen LogP contribution < -0.4 is 5.56 Å². The summed E-state index contributed by atoms with van der Waals surface area (Å²) in [5.74, 6) is 0. The summed E-state index contributed by atoms with van der Waals surface area (Å²) in [6, 6.07) is 5.12. The van der Waals surface area contributed by atoms with Gasteiger partial charge in [-0.2, -0.15) is 13.2 Å². The highest BCUT2D eigenvalue weighted by molar-refractivity contribution is 7.71. The van der Waals surface area contributed by atoms with Gasteiger partial charge in [-0.3, -0.25) is 9.78 Å². The Morgan fingerprint density at radius 3 is 2.48 bits per heavy atom. The van der Waals surface area contributed by atoms with Crippen LogP contribution in [0.15, 0.2) is 35.3 Å². The molecule has 3 aromatic rings. The fourth-order valence-electron chi connectivity index (χ4n) is 3.10. The van der Waals surface area contributed by atoms with Crippen LogP contribution in [0, 0.1) is 4.77 Å². The number of hydrogen-bond donors (Lipinski definition) is 2. The molecule has 0 atom stereocenters. The van der Waals surface area contributed by atoms with E-state index in [-0.39, 0.29) is 35.7 Å². The number of nitrogens with one attached hydrogen (secondary N) is 2. The smallest absolute Gasteiger partial charge is 0.355 e. The Balaban J connectivity index is 2.15. The minimum absolute atomic E-state index is 0.133. The lowest BCUT2D eigenvalue weighted by Gasteiger charge is -2.22. The topological polar surface area (TPSA) is 72.0 Å². The van der Waals surface area contributed by atoms with E-state index in [2.05, 4.69) is 9.97 Å².